The Morgan fingerprint density at radius 3 is 2.45 bits per heavy atom. The largest absolute Gasteiger partial charge is 0.497 e. The van der Waals surface area contributed by atoms with Gasteiger partial charge < -0.3 is 14.8 Å². The molecule has 3 aromatic rings. The van der Waals surface area contributed by atoms with Gasteiger partial charge in [-0.05, 0) is 62.7 Å². The summed E-state index contributed by atoms with van der Waals surface area (Å²) in [6.45, 7) is -0.230. The Morgan fingerprint density at radius 2 is 1.71 bits per heavy atom. The van der Waals surface area contributed by atoms with Gasteiger partial charge in [0.05, 0.1) is 18.0 Å². The van der Waals surface area contributed by atoms with E-state index in [2.05, 4.69) is 32.1 Å². The van der Waals surface area contributed by atoms with Gasteiger partial charge >= 0.3 is 0 Å². The lowest BCUT2D eigenvalue weighted by Gasteiger charge is -2.13. The van der Waals surface area contributed by atoms with Gasteiger partial charge in [-0.2, -0.15) is 0 Å². The third-order valence-corrected chi connectivity index (χ3v) is 5.30. The predicted molar refractivity (Wildman–Crippen MR) is 126 cm³/mol. The van der Waals surface area contributed by atoms with Crippen LogP contribution in [0.4, 0.5) is 0 Å². The molecule has 7 nitrogen and oxygen atoms in total. The number of thiocarbonyl (C=S) groups is 1. The van der Waals surface area contributed by atoms with Crippen LogP contribution in [0.25, 0.3) is 10.8 Å². The highest BCUT2D eigenvalue weighted by Crippen LogP contribution is 2.32. The summed E-state index contributed by atoms with van der Waals surface area (Å²) in [4.78, 5) is 24.1. The molecule has 0 radical (unpaired) electrons. The third-order valence-electron chi connectivity index (χ3n) is 4.28. The molecule has 3 N–H and O–H groups in total. The molecule has 3 rings (SSSR count). The van der Waals surface area contributed by atoms with Gasteiger partial charge in [0.15, 0.2) is 11.7 Å². The molecule has 0 aromatic heterocycles. The first kappa shape index (κ1) is 22.5. The molecule has 0 bridgehead atoms. The maximum Gasteiger partial charge on any atom is 0.276 e. The van der Waals surface area contributed by atoms with E-state index < -0.39 is 5.91 Å². The van der Waals surface area contributed by atoms with E-state index in [1.807, 2.05) is 30.3 Å². The second-order valence-electron chi connectivity index (χ2n) is 6.46. The van der Waals surface area contributed by atoms with Gasteiger partial charge in [0.25, 0.3) is 5.91 Å². The molecule has 0 aliphatic heterocycles. The van der Waals surface area contributed by atoms with Crippen molar-refractivity contribution >= 4 is 55.8 Å². The fourth-order valence-corrected chi connectivity index (χ4v) is 3.53. The third kappa shape index (κ3) is 6.40. The van der Waals surface area contributed by atoms with Gasteiger partial charge in [-0.1, -0.05) is 42.5 Å². The van der Waals surface area contributed by atoms with Gasteiger partial charge in [-0.15, -0.1) is 0 Å². The molecule has 0 unspecified atom stereocenters. The second kappa shape index (κ2) is 10.7. The zero-order chi connectivity index (χ0) is 22.2. The smallest absolute Gasteiger partial charge is 0.276 e. The summed E-state index contributed by atoms with van der Waals surface area (Å²) in [5.41, 5.74) is 5.68. The summed E-state index contributed by atoms with van der Waals surface area (Å²) < 4.78 is 11.4. The maximum atomic E-state index is 12.1. The Kier molecular flexibility index (Phi) is 7.80. The van der Waals surface area contributed by atoms with Crippen molar-refractivity contribution in [3.63, 3.8) is 0 Å². The first-order valence-electron chi connectivity index (χ1n) is 9.28. The molecule has 0 saturated carbocycles. The average Bonchev–Trinajstić information content (AvgIpc) is 2.78. The summed E-state index contributed by atoms with van der Waals surface area (Å²) in [6.07, 6.45) is 0.138. The van der Waals surface area contributed by atoms with Crippen LogP contribution in [0.15, 0.2) is 65.1 Å². The van der Waals surface area contributed by atoms with Crippen molar-refractivity contribution < 1.29 is 19.1 Å². The van der Waals surface area contributed by atoms with Crippen LogP contribution >= 0.6 is 28.1 Å². The molecule has 31 heavy (non-hydrogen) atoms. The molecule has 3 aromatic carbocycles. The lowest BCUT2D eigenvalue weighted by molar-refractivity contribution is -0.124. The molecule has 0 fully saturated rings. The lowest BCUT2D eigenvalue weighted by Crippen LogP contribution is -2.49. The highest BCUT2D eigenvalue weighted by molar-refractivity contribution is 9.10. The van der Waals surface area contributed by atoms with Crippen molar-refractivity contribution in [2.45, 2.75) is 6.42 Å². The van der Waals surface area contributed by atoms with Crippen molar-refractivity contribution in [1.29, 1.82) is 0 Å². The van der Waals surface area contributed by atoms with Gasteiger partial charge in [-0.25, -0.2) is 0 Å². The first-order valence-corrected chi connectivity index (χ1v) is 10.5. The number of carbonyl (C=O) groups excluding carboxylic acids is 2. The van der Waals surface area contributed by atoms with Gasteiger partial charge in [0.1, 0.15) is 11.5 Å². The van der Waals surface area contributed by atoms with Gasteiger partial charge in [0, 0.05) is 0 Å². The van der Waals surface area contributed by atoms with E-state index in [9.17, 15) is 9.59 Å². The Labute approximate surface area is 193 Å². The highest BCUT2D eigenvalue weighted by atomic mass is 79.9. The Balaban J connectivity index is 1.42. The van der Waals surface area contributed by atoms with Crippen molar-refractivity contribution in [2.75, 3.05) is 13.7 Å². The minimum absolute atomic E-state index is 0.0150. The highest BCUT2D eigenvalue weighted by Gasteiger charge is 2.10. The average molecular weight is 502 g/mol. The number of fused-ring (bicyclic) bond motifs is 1. The van der Waals surface area contributed by atoms with E-state index in [1.54, 1.807) is 37.4 Å². The number of hydrazine groups is 1. The van der Waals surface area contributed by atoms with E-state index >= 15 is 0 Å². The zero-order valence-corrected chi connectivity index (χ0v) is 19.0. The molecule has 0 aliphatic rings. The van der Waals surface area contributed by atoms with Gasteiger partial charge in [-0.3, -0.25) is 20.4 Å². The summed E-state index contributed by atoms with van der Waals surface area (Å²) >= 11 is 8.54. The number of ether oxygens (including phenoxy) is 2. The number of rotatable bonds is 6. The van der Waals surface area contributed by atoms with E-state index in [4.69, 9.17) is 21.7 Å². The number of nitrogens with one attached hydrogen (secondary N) is 3. The van der Waals surface area contributed by atoms with Gasteiger partial charge in [0.2, 0.25) is 5.91 Å². The molecular weight excluding hydrogens is 482 g/mol. The summed E-state index contributed by atoms with van der Waals surface area (Å²) in [5.74, 6) is 0.492. The van der Waals surface area contributed by atoms with E-state index in [0.29, 0.717) is 11.5 Å². The van der Waals surface area contributed by atoms with Crippen LogP contribution in [-0.2, 0) is 16.0 Å². The summed E-state index contributed by atoms with van der Waals surface area (Å²) in [7, 11) is 1.58. The number of halogens is 1. The monoisotopic (exact) mass is 501 g/mol. The Morgan fingerprint density at radius 1 is 0.968 bits per heavy atom. The SMILES string of the molecule is COc1ccc(CC(=O)NC(=S)NNC(=O)COc2ccc3ccccc3c2Br)cc1. The fourth-order valence-electron chi connectivity index (χ4n) is 2.76. The van der Waals surface area contributed by atoms with Crippen LogP contribution < -0.4 is 25.6 Å². The molecule has 160 valence electrons. The van der Waals surface area contributed by atoms with Crippen LogP contribution in [-0.4, -0.2) is 30.6 Å². The van der Waals surface area contributed by atoms with Crippen LogP contribution in [0.3, 0.4) is 0 Å². The van der Waals surface area contributed by atoms with E-state index in [-0.39, 0.29) is 24.0 Å². The number of benzene rings is 3. The molecule has 0 spiro atoms. The standard InChI is InChI=1S/C22H20BrN3O4S/c1-29-16-9-6-14(7-10-16)12-19(27)24-22(31)26-25-20(28)13-30-18-11-8-15-4-2-3-5-17(15)21(18)23/h2-11H,12-13H2,1H3,(H,25,28)(H2,24,26,27,31). The van der Waals surface area contributed by atoms with Crippen molar-refractivity contribution in [1.82, 2.24) is 16.2 Å². The predicted octanol–water partition coefficient (Wildman–Crippen LogP) is 3.25. The number of amides is 2. The number of hydrogen-bond acceptors (Lipinski definition) is 5. The minimum atomic E-state index is -0.452. The Bertz CT molecular complexity index is 1110. The molecule has 0 heterocycles. The topological polar surface area (TPSA) is 88.7 Å². The van der Waals surface area contributed by atoms with E-state index in [1.165, 1.54) is 0 Å². The quantitative estimate of drug-likeness (QED) is 0.355. The van der Waals surface area contributed by atoms with Crippen LogP contribution in [0.1, 0.15) is 5.56 Å². The van der Waals surface area contributed by atoms with Crippen LogP contribution in [0.2, 0.25) is 0 Å². The normalized spacial score (nSPS) is 10.3. The number of methoxy groups -OCH3 is 1. The van der Waals surface area contributed by atoms with Crippen molar-refractivity contribution in [2.24, 2.45) is 0 Å². The second-order valence-corrected chi connectivity index (χ2v) is 7.66. The minimum Gasteiger partial charge on any atom is -0.497 e. The molecule has 9 heteroatoms. The molecule has 0 atom stereocenters. The lowest BCUT2D eigenvalue weighted by atomic mass is 10.1. The van der Waals surface area contributed by atoms with Crippen LogP contribution in [0, 0.1) is 0 Å². The summed E-state index contributed by atoms with van der Waals surface area (Å²) in [5, 5.41) is 4.53. The Hall–Kier alpha value is -3.17. The van der Waals surface area contributed by atoms with Crippen molar-refractivity contribution in [3.05, 3.63) is 70.7 Å². The van der Waals surface area contributed by atoms with Crippen molar-refractivity contribution in [3.8, 4) is 11.5 Å². The number of hydrogen-bond donors (Lipinski definition) is 3. The molecule has 0 saturated heterocycles. The number of carbonyl (C=O) groups is 2. The zero-order valence-electron chi connectivity index (χ0n) is 16.6. The first-order chi connectivity index (χ1) is 15.0. The summed E-state index contributed by atoms with van der Waals surface area (Å²) in [6, 6.07) is 18.7. The maximum absolute atomic E-state index is 12.1. The molecule has 2 amide bonds. The molecular formula is C22H20BrN3O4S. The molecule has 0 aliphatic carbocycles. The fraction of sp³-hybridized carbons (Fsp3) is 0.136. The van der Waals surface area contributed by atoms with Crippen LogP contribution in [0.5, 0.6) is 11.5 Å². The van der Waals surface area contributed by atoms with E-state index in [0.717, 1.165) is 20.8 Å².